The lowest BCUT2D eigenvalue weighted by Crippen LogP contribution is -2.34. The number of benzene rings is 1. The Labute approximate surface area is 130 Å². The maximum Gasteiger partial charge on any atom is 0.212 e. The molecule has 1 aliphatic heterocycles. The molecule has 1 aromatic carbocycles. The van der Waals surface area contributed by atoms with Crippen molar-refractivity contribution in [2.45, 2.75) is 18.3 Å². The highest BCUT2D eigenvalue weighted by molar-refractivity contribution is 6.31. The zero-order valence-corrected chi connectivity index (χ0v) is 12.8. The van der Waals surface area contributed by atoms with Crippen LogP contribution in [0.15, 0.2) is 42.6 Å². The maximum absolute atomic E-state index is 6.39. The van der Waals surface area contributed by atoms with Gasteiger partial charge in [-0.05, 0) is 36.1 Å². The molecule has 2 aromatic rings. The van der Waals surface area contributed by atoms with Crippen molar-refractivity contribution < 1.29 is 4.74 Å². The van der Waals surface area contributed by atoms with Gasteiger partial charge in [-0.15, -0.1) is 0 Å². The number of methoxy groups -OCH3 is 1. The summed E-state index contributed by atoms with van der Waals surface area (Å²) in [5.41, 5.74) is 2.47. The number of piperidine rings is 1. The van der Waals surface area contributed by atoms with Gasteiger partial charge in [-0.2, -0.15) is 0 Å². The summed E-state index contributed by atoms with van der Waals surface area (Å²) in [5.74, 6) is 1.47. The summed E-state index contributed by atoms with van der Waals surface area (Å²) in [4.78, 5) is 4.35. The van der Waals surface area contributed by atoms with Crippen LogP contribution < -0.4 is 10.1 Å². The second kappa shape index (κ2) is 6.46. The minimum atomic E-state index is 0.377. The van der Waals surface area contributed by atoms with Crippen LogP contribution in [-0.4, -0.2) is 25.2 Å². The van der Waals surface area contributed by atoms with Crippen molar-refractivity contribution in [2.75, 3.05) is 20.2 Å². The van der Waals surface area contributed by atoms with Crippen molar-refractivity contribution in [3.8, 4) is 5.88 Å². The van der Waals surface area contributed by atoms with Gasteiger partial charge in [-0.1, -0.05) is 35.9 Å². The third-order valence-electron chi connectivity index (χ3n) is 4.18. The topological polar surface area (TPSA) is 34.1 Å². The Morgan fingerprint density at radius 2 is 2.05 bits per heavy atom. The fraction of sp³-hybridized carbons (Fsp3) is 0.353. The quantitative estimate of drug-likeness (QED) is 0.940. The van der Waals surface area contributed by atoms with Crippen LogP contribution in [0.1, 0.15) is 29.4 Å². The summed E-state index contributed by atoms with van der Waals surface area (Å²) in [6, 6.07) is 12.2. The minimum Gasteiger partial charge on any atom is -0.481 e. The van der Waals surface area contributed by atoms with E-state index >= 15 is 0 Å². The largest absolute Gasteiger partial charge is 0.481 e. The first-order valence-corrected chi connectivity index (χ1v) is 7.62. The molecule has 0 saturated carbocycles. The number of rotatable bonds is 3. The number of hydrogen-bond donors (Lipinski definition) is 1. The smallest absolute Gasteiger partial charge is 0.212 e. The van der Waals surface area contributed by atoms with E-state index in [2.05, 4.69) is 28.5 Å². The summed E-state index contributed by atoms with van der Waals surface area (Å²) in [7, 11) is 1.64. The number of ether oxygens (including phenoxy) is 1. The summed E-state index contributed by atoms with van der Waals surface area (Å²) < 4.78 is 5.14. The minimum absolute atomic E-state index is 0.377. The van der Waals surface area contributed by atoms with E-state index < -0.39 is 0 Å². The van der Waals surface area contributed by atoms with Crippen molar-refractivity contribution in [1.29, 1.82) is 0 Å². The van der Waals surface area contributed by atoms with Crippen molar-refractivity contribution in [1.82, 2.24) is 10.3 Å². The molecule has 0 amide bonds. The Balaban J connectivity index is 1.92. The molecule has 0 spiro atoms. The highest BCUT2D eigenvalue weighted by Gasteiger charge is 2.29. The molecule has 3 nitrogen and oxygen atoms in total. The summed E-state index contributed by atoms with van der Waals surface area (Å²) in [6.45, 7) is 1.97. The fourth-order valence-corrected chi connectivity index (χ4v) is 3.37. The summed E-state index contributed by atoms with van der Waals surface area (Å²) >= 11 is 6.39. The van der Waals surface area contributed by atoms with E-state index in [9.17, 15) is 0 Å². The number of nitrogens with one attached hydrogen (secondary N) is 1. The van der Waals surface area contributed by atoms with Gasteiger partial charge in [0.2, 0.25) is 5.88 Å². The molecule has 1 aromatic heterocycles. The van der Waals surface area contributed by atoms with Crippen LogP contribution in [0, 0.1) is 0 Å². The van der Waals surface area contributed by atoms with Crippen LogP contribution in [0.2, 0.25) is 5.02 Å². The van der Waals surface area contributed by atoms with Gasteiger partial charge in [-0.25, -0.2) is 4.98 Å². The molecule has 2 atom stereocenters. The number of pyridine rings is 1. The molecule has 0 aliphatic carbocycles. The first-order chi connectivity index (χ1) is 10.3. The van der Waals surface area contributed by atoms with Crippen LogP contribution in [0.4, 0.5) is 0 Å². The van der Waals surface area contributed by atoms with Crippen molar-refractivity contribution in [2.24, 2.45) is 0 Å². The Bertz CT molecular complexity index is 600. The molecule has 0 radical (unpaired) electrons. The molecule has 4 heteroatoms. The van der Waals surface area contributed by atoms with Gasteiger partial charge < -0.3 is 10.1 Å². The molecular formula is C17H19ClN2O. The average Bonchev–Trinajstić information content (AvgIpc) is 2.55. The predicted octanol–water partition coefficient (Wildman–Crippen LogP) is 3.60. The second-order valence-electron chi connectivity index (χ2n) is 5.36. The molecule has 110 valence electrons. The molecular weight excluding hydrogens is 284 g/mol. The third-order valence-corrected chi connectivity index (χ3v) is 4.53. The molecule has 1 saturated heterocycles. The monoisotopic (exact) mass is 302 g/mol. The zero-order valence-electron chi connectivity index (χ0n) is 12.1. The molecule has 1 N–H and O–H groups in total. The van der Waals surface area contributed by atoms with Crippen LogP contribution in [0.25, 0.3) is 0 Å². The van der Waals surface area contributed by atoms with E-state index in [1.165, 1.54) is 11.1 Å². The van der Waals surface area contributed by atoms with Gasteiger partial charge in [0.05, 0.1) is 7.11 Å². The maximum atomic E-state index is 6.39. The third kappa shape index (κ3) is 3.04. The van der Waals surface area contributed by atoms with Gasteiger partial charge in [0, 0.05) is 29.7 Å². The van der Waals surface area contributed by atoms with E-state index in [-0.39, 0.29) is 0 Å². The fourth-order valence-electron chi connectivity index (χ4n) is 3.09. The van der Waals surface area contributed by atoms with Crippen molar-refractivity contribution in [3.05, 3.63) is 58.7 Å². The van der Waals surface area contributed by atoms with E-state index in [0.717, 1.165) is 24.5 Å². The molecule has 3 rings (SSSR count). The van der Waals surface area contributed by atoms with Crippen LogP contribution in [-0.2, 0) is 0 Å². The molecule has 0 bridgehead atoms. The zero-order chi connectivity index (χ0) is 14.7. The first kappa shape index (κ1) is 14.4. The van der Waals surface area contributed by atoms with Crippen LogP contribution in [0.3, 0.4) is 0 Å². The highest BCUT2D eigenvalue weighted by Crippen LogP contribution is 2.39. The van der Waals surface area contributed by atoms with Crippen LogP contribution >= 0.6 is 11.6 Å². The number of nitrogens with zero attached hydrogens (tertiary/aromatic N) is 1. The molecule has 2 unspecified atom stereocenters. The van der Waals surface area contributed by atoms with Gasteiger partial charge in [0.1, 0.15) is 0 Å². The highest BCUT2D eigenvalue weighted by atomic mass is 35.5. The summed E-state index contributed by atoms with van der Waals surface area (Å²) in [6.07, 6.45) is 3.02. The van der Waals surface area contributed by atoms with Crippen molar-refractivity contribution >= 4 is 11.6 Å². The lowest BCUT2D eigenvalue weighted by atomic mass is 9.78. The van der Waals surface area contributed by atoms with Gasteiger partial charge in [0.15, 0.2) is 0 Å². The van der Waals surface area contributed by atoms with Gasteiger partial charge in [-0.3, -0.25) is 0 Å². The van der Waals surface area contributed by atoms with Crippen LogP contribution in [0.5, 0.6) is 5.88 Å². The Hall–Kier alpha value is -1.58. The summed E-state index contributed by atoms with van der Waals surface area (Å²) in [5, 5.41) is 4.32. The lowest BCUT2D eigenvalue weighted by Gasteiger charge is -2.33. The molecule has 2 heterocycles. The van der Waals surface area contributed by atoms with Gasteiger partial charge >= 0.3 is 0 Å². The first-order valence-electron chi connectivity index (χ1n) is 7.24. The second-order valence-corrected chi connectivity index (χ2v) is 5.77. The van der Waals surface area contributed by atoms with E-state index in [4.69, 9.17) is 16.3 Å². The Morgan fingerprint density at radius 3 is 2.76 bits per heavy atom. The molecule has 1 aliphatic rings. The Kier molecular flexibility index (Phi) is 4.42. The lowest BCUT2D eigenvalue weighted by molar-refractivity contribution is 0.390. The predicted molar refractivity (Wildman–Crippen MR) is 85.2 cm³/mol. The van der Waals surface area contributed by atoms with E-state index in [1.807, 2.05) is 24.4 Å². The SMILES string of the molecule is COc1ccc(C2CCNCC2c2ccccc2Cl)cn1. The van der Waals surface area contributed by atoms with Gasteiger partial charge in [0.25, 0.3) is 0 Å². The standard InChI is InChI=1S/C17H19ClN2O/c1-21-17-7-6-12(10-20-17)13-8-9-19-11-15(13)14-4-2-3-5-16(14)18/h2-7,10,13,15,19H,8-9,11H2,1H3. The molecule has 1 fully saturated rings. The van der Waals surface area contributed by atoms with E-state index in [0.29, 0.717) is 17.7 Å². The van der Waals surface area contributed by atoms with E-state index in [1.54, 1.807) is 7.11 Å². The molecule has 21 heavy (non-hydrogen) atoms. The normalized spacial score (nSPS) is 22.0. The Morgan fingerprint density at radius 1 is 1.19 bits per heavy atom. The number of hydrogen-bond acceptors (Lipinski definition) is 3. The average molecular weight is 303 g/mol. The number of halogens is 1. The van der Waals surface area contributed by atoms with Crippen molar-refractivity contribution in [3.63, 3.8) is 0 Å². The number of aromatic nitrogens is 1.